The smallest absolute Gasteiger partial charge is 0.253 e. The first-order valence-electron chi connectivity index (χ1n) is 9.07. The van der Waals surface area contributed by atoms with Crippen LogP contribution in [0.3, 0.4) is 0 Å². The summed E-state index contributed by atoms with van der Waals surface area (Å²) < 4.78 is 5.80. The normalized spacial score (nSPS) is 15.4. The summed E-state index contributed by atoms with van der Waals surface area (Å²) in [6.07, 6.45) is 0.190. The van der Waals surface area contributed by atoms with Crippen LogP contribution in [0.25, 0.3) is 0 Å². The summed E-state index contributed by atoms with van der Waals surface area (Å²) in [5, 5.41) is 12.8. The molecule has 2 aromatic rings. The third-order valence-electron chi connectivity index (χ3n) is 4.91. The number of hydrogen-bond acceptors (Lipinski definition) is 5. The van der Waals surface area contributed by atoms with Crippen LogP contribution in [0, 0.1) is 6.92 Å². The van der Waals surface area contributed by atoms with E-state index in [1.54, 1.807) is 38.4 Å². The number of anilines is 2. The molecule has 148 valence electrons. The van der Waals surface area contributed by atoms with Gasteiger partial charge in [-0.25, -0.2) is 0 Å². The molecule has 2 aromatic carbocycles. The van der Waals surface area contributed by atoms with Gasteiger partial charge in [-0.2, -0.15) is 0 Å². The van der Waals surface area contributed by atoms with E-state index in [0.29, 0.717) is 23.6 Å². The Balaban J connectivity index is 1.74. The first-order chi connectivity index (χ1) is 13.3. The quantitative estimate of drug-likeness (QED) is 0.793. The number of carbonyl (C=O) groups excluding carboxylic acids is 2. The summed E-state index contributed by atoms with van der Waals surface area (Å²) >= 11 is 0. The van der Waals surface area contributed by atoms with Crippen molar-refractivity contribution >= 4 is 23.2 Å². The standard InChI is InChI=1S/C21H25N3O4/c1-13-6-5-7-17(25)20(13)22-19(26)11-15-12-28-18-9-8-14(21(27)23(2)3)10-16(18)24(15)4/h5-10,15,25H,11-12H2,1-4H3,(H,22,26)/t15-/m0/s1. The highest BCUT2D eigenvalue weighted by molar-refractivity contribution is 5.96. The van der Waals surface area contributed by atoms with Crippen LogP contribution in [0.2, 0.25) is 0 Å². The number of aromatic hydroxyl groups is 1. The van der Waals surface area contributed by atoms with E-state index >= 15 is 0 Å². The van der Waals surface area contributed by atoms with Crippen LogP contribution in [0.4, 0.5) is 11.4 Å². The Morgan fingerprint density at radius 1 is 1.29 bits per heavy atom. The van der Waals surface area contributed by atoms with Crippen LogP contribution in [0.5, 0.6) is 11.5 Å². The number of nitrogens with one attached hydrogen (secondary N) is 1. The first kappa shape index (κ1) is 19.5. The Bertz CT molecular complexity index is 890. The van der Waals surface area contributed by atoms with Crippen molar-refractivity contribution in [2.24, 2.45) is 0 Å². The summed E-state index contributed by atoms with van der Waals surface area (Å²) in [5.74, 6) is 0.421. The summed E-state index contributed by atoms with van der Waals surface area (Å²) in [7, 11) is 5.29. The van der Waals surface area contributed by atoms with Crippen LogP contribution >= 0.6 is 0 Å². The number of para-hydroxylation sites is 1. The molecule has 7 heteroatoms. The van der Waals surface area contributed by atoms with Crippen molar-refractivity contribution in [1.29, 1.82) is 0 Å². The van der Waals surface area contributed by atoms with Crippen LogP contribution in [0.15, 0.2) is 36.4 Å². The molecule has 1 heterocycles. The van der Waals surface area contributed by atoms with Crippen LogP contribution < -0.4 is 15.0 Å². The lowest BCUT2D eigenvalue weighted by molar-refractivity contribution is -0.116. The van der Waals surface area contributed by atoms with Crippen LogP contribution in [0.1, 0.15) is 22.3 Å². The van der Waals surface area contributed by atoms with E-state index in [2.05, 4.69) is 5.32 Å². The Hall–Kier alpha value is -3.22. The molecule has 3 rings (SSSR count). The summed E-state index contributed by atoms with van der Waals surface area (Å²) in [6.45, 7) is 2.18. The van der Waals surface area contributed by atoms with Gasteiger partial charge in [-0.1, -0.05) is 12.1 Å². The fourth-order valence-corrected chi connectivity index (χ4v) is 3.22. The summed E-state index contributed by atoms with van der Waals surface area (Å²) in [5.41, 5.74) is 2.55. The molecule has 1 aliphatic heterocycles. The fourth-order valence-electron chi connectivity index (χ4n) is 3.22. The van der Waals surface area contributed by atoms with Crippen LogP contribution in [-0.4, -0.2) is 55.6 Å². The van der Waals surface area contributed by atoms with Crippen molar-refractivity contribution in [3.05, 3.63) is 47.5 Å². The van der Waals surface area contributed by atoms with E-state index in [-0.39, 0.29) is 30.0 Å². The van der Waals surface area contributed by atoms with E-state index in [9.17, 15) is 14.7 Å². The van der Waals surface area contributed by atoms with Crippen molar-refractivity contribution in [3.8, 4) is 11.5 Å². The number of phenolic OH excluding ortho intramolecular Hbond substituents is 1. The number of phenols is 1. The molecular weight excluding hydrogens is 358 g/mol. The van der Waals surface area contributed by atoms with Gasteiger partial charge in [0, 0.05) is 26.7 Å². The van der Waals surface area contributed by atoms with Gasteiger partial charge in [0.1, 0.15) is 18.1 Å². The molecule has 0 saturated heterocycles. The Morgan fingerprint density at radius 2 is 2.04 bits per heavy atom. The second-order valence-corrected chi connectivity index (χ2v) is 7.18. The van der Waals surface area contributed by atoms with Gasteiger partial charge in [0.15, 0.2) is 0 Å². The lowest BCUT2D eigenvalue weighted by atomic mass is 10.1. The zero-order valence-electron chi connectivity index (χ0n) is 16.5. The van der Waals surface area contributed by atoms with E-state index < -0.39 is 0 Å². The highest BCUT2D eigenvalue weighted by Crippen LogP contribution is 2.35. The number of rotatable bonds is 4. The number of hydrogen-bond donors (Lipinski definition) is 2. The monoisotopic (exact) mass is 383 g/mol. The van der Waals surface area contributed by atoms with E-state index in [1.807, 2.05) is 24.9 Å². The van der Waals surface area contributed by atoms with Gasteiger partial charge in [0.05, 0.1) is 23.8 Å². The highest BCUT2D eigenvalue weighted by atomic mass is 16.5. The average Bonchev–Trinajstić information content (AvgIpc) is 2.66. The second-order valence-electron chi connectivity index (χ2n) is 7.18. The molecule has 0 fully saturated rings. The first-order valence-corrected chi connectivity index (χ1v) is 9.07. The second kappa shape index (κ2) is 7.80. The molecular formula is C21H25N3O4. The molecule has 0 aromatic heterocycles. The number of nitrogens with zero attached hydrogens (tertiary/aromatic N) is 2. The summed E-state index contributed by atoms with van der Waals surface area (Å²) in [4.78, 5) is 28.3. The van der Waals surface area contributed by atoms with Gasteiger partial charge in [-0.3, -0.25) is 9.59 Å². The number of benzene rings is 2. The number of ether oxygens (including phenoxy) is 1. The molecule has 0 radical (unpaired) electrons. The third-order valence-corrected chi connectivity index (χ3v) is 4.91. The van der Waals surface area contributed by atoms with Gasteiger partial charge in [-0.05, 0) is 36.8 Å². The van der Waals surface area contributed by atoms with Crippen molar-refractivity contribution in [2.45, 2.75) is 19.4 Å². The molecule has 0 unspecified atom stereocenters. The minimum atomic E-state index is -0.214. The van der Waals surface area contributed by atoms with Gasteiger partial charge in [0.25, 0.3) is 5.91 Å². The zero-order chi connectivity index (χ0) is 20.4. The average molecular weight is 383 g/mol. The Morgan fingerprint density at radius 3 is 2.71 bits per heavy atom. The molecule has 28 heavy (non-hydrogen) atoms. The van der Waals surface area contributed by atoms with Crippen molar-refractivity contribution in [1.82, 2.24) is 4.90 Å². The van der Waals surface area contributed by atoms with Crippen LogP contribution in [-0.2, 0) is 4.79 Å². The van der Waals surface area contributed by atoms with Gasteiger partial charge < -0.3 is 25.0 Å². The maximum absolute atomic E-state index is 12.5. The van der Waals surface area contributed by atoms with Gasteiger partial charge in [0.2, 0.25) is 5.91 Å². The minimum Gasteiger partial charge on any atom is -0.506 e. The molecule has 0 aliphatic carbocycles. The zero-order valence-corrected chi connectivity index (χ0v) is 16.5. The lowest BCUT2D eigenvalue weighted by Gasteiger charge is -2.36. The van der Waals surface area contributed by atoms with Gasteiger partial charge in [-0.15, -0.1) is 0 Å². The largest absolute Gasteiger partial charge is 0.506 e. The number of fused-ring (bicyclic) bond motifs is 1. The molecule has 1 atom stereocenters. The predicted octanol–water partition coefficient (Wildman–Crippen LogP) is 2.63. The maximum atomic E-state index is 12.5. The van der Waals surface area contributed by atoms with Crippen molar-refractivity contribution in [3.63, 3.8) is 0 Å². The van der Waals surface area contributed by atoms with Crippen molar-refractivity contribution < 1.29 is 19.4 Å². The SMILES string of the molecule is Cc1cccc(O)c1NC(=O)C[C@H]1COc2ccc(C(=O)N(C)C)cc2N1C. The fraction of sp³-hybridized carbons (Fsp3) is 0.333. The molecule has 7 nitrogen and oxygen atoms in total. The highest BCUT2D eigenvalue weighted by Gasteiger charge is 2.28. The Kier molecular flexibility index (Phi) is 5.44. The van der Waals surface area contributed by atoms with E-state index in [0.717, 1.165) is 11.3 Å². The van der Waals surface area contributed by atoms with E-state index in [4.69, 9.17) is 4.74 Å². The third kappa shape index (κ3) is 3.88. The number of likely N-dealkylation sites (N-methyl/N-ethyl adjacent to an activating group) is 1. The summed E-state index contributed by atoms with van der Waals surface area (Å²) in [6, 6.07) is 10.2. The minimum absolute atomic E-state index is 0.0405. The maximum Gasteiger partial charge on any atom is 0.253 e. The topological polar surface area (TPSA) is 82.1 Å². The van der Waals surface area contributed by atoms with Crippen molar-refractivity contribution in [2.75, 3.05) is 38.0 Å². The molecule has 0 bridgehead atoms. The number of carbonyl (C=O) groups is 2. The van der Waals surface area contributed by atoms with E-state index in [1.165, 1.54) is 11.0 Å². The Labute approximate surface area is 164 Å². The molecule has 0 saturated carbocycles. The van der Waals surface area contributed by atoms with Gasteiger partial charge >= 0.3 is 0 Å². The molecule has 0 spiro atoms. The number of amides is 2. The number of aryl methyl sites for hydroxylation is 1. The molecule has 2 N–H and O–H groups in total. The predicted molar refractivity (Wildman–Crippen MR) is 108 cm³/mol. The lowest BCUT2D eigenvalue weighted by Crippen LogP contribution is -2.42. The molecule has 2 amide bonds. The molecule has 1 aliphatic rings.